The van der Waals surface area contributed by atoms with E-state index >= 15 is 0 Å². The summed E-state index contributed by atoms with van der Waals surface area (Å²) >= 11 is 0. The second-order valence-corrected chi connectivity index (χ2v) is 5.87. The van der Waals surface area contributed by atoms with E-state index in [9.17, 15) is 8.42 Å². The fourth-order valence-corrected chi connectivity index (χ4v) is 2.17. The van der Waals surface area contributed by atoms with Crippen LogP contribution in [0.5, 0.6) is 5.75 Å². The predicted octanol–water partition coefficient (Wildman–Crippen LogP) is 0.113. The van der Waals surface area contributed by atoms with E-state index in [4.69, 9.17) is 9.29 Å². The lowest BCUT2D eigenvalue weighted by Crippen LogP contribution is -2.38. The van der Waals surface area contributed by atoms with E-state index in [1.54, 1.807) is 36.3 Å². The molecule has 21 heavy (non-hydrogen) atoms. The van der Waals surface area contributed by atoms with E-state index in [-0.39, 0.29) is 12.2 Å². The molecule has 0 aliphatic rings. The van der Waals surface area contributed by atoms with Gasteiger partial charge >= 0.3 is 0 Å². The molecule has 0 atom stereocenters. The van der Waals surface area contributed by atoms with Crippen molar-refractivity contribution in [1.82, 2.24) is 15.3 Å². The molecule has 0 amide bonds. The average molecular weight is 311 g/mol. The molecular weight excluding hydrogens is 296 g/mol. The van der Waals surface area contributed by atoms with Crippen molar-refractivity contribution in [2.45, 2.75) is 13.0 Å². The molecule has 0 aliphatic carbocycles. The molecule has 1 N–H and O–H groups in total. The van der Waals surface area contributed by atoms with Gasteiger partial charge in [-0.1, -0.05) is 4.68 Å². The molecule has 0 saturated carbocycles. The highest BCUT2D eigenvalue weighted by Gasteiger charge is 2.10. The van der Waals surface area contributed by atoms with Crippen LogP contribution in [0, 0.1) is 0 Å². The maximum Gasteiger partial charge on any atom is 0.265 e. The van der Waals surface area contributed by atoms with E-state index in [1.165, 1.54) is 6.20 Å². The highest BCUT2D eigenvalue weighted by atomic mass is 32.2. The molecule has 0 aliphatic heterocycles. The highest BCUT2D eigenvalue weighted by Crippen LogP contribution is 2.18. The molecule has 0 saturated heterocycles. The summed E-state index contributed by atoms with van der Waals surface area (Å²) < 4.78 is 36.6. The zero-order valence-electron chi connectivity index (χ0n) is 11.4. The number of hydrogen-bond acceptors (Lipinski definition) is 6. The molecule has 0 unspecified atom stereocenters. The van der Waals surface area contributed by atoms with Crippen molar-refractivity contribution in [1.29, 1.82) is 0 Å². The van der Waals surface area contributed by atoms with Crippen LogP contribution in [-0.2, 0) is 16.7 Å². The molecule has 112 valence electrons. The minimum Gasteiger partial charge on any atom is -0.495 e. The summed E-state index contributed by atoms with van der Waals surface area (Å²) in [7, 11) is -2.38. The minimum absolute atomic E-state index is 0.287. The van der Waals surface area contributed by atoms with Gasteiger partial charge in [-0.3, -0.25) is 4.55 Å². The quantitative estimate of drug-likeness (QED) is 0.596. The Hall–Kier alpha value is -2.13. The monoisotopic (exact) mass is 311 g/mol. The summed E-state index contributed by atoms with van der Waals surface area (Å²) in [4.78, 5) is 0. The van der Waals surface area contributed by atoms with Gasteiger partial charge < -0.3 is 4.74 Å². The number of aryl methyl sites for hydroxylation is 1. The molecule has 2 aromatic heterocycles. The van der Waals surface area contributed by atoms with Gasteiger partial charge in [0.1, 0.15) is 11.9 Å². The molecule has 0 aromatic carbocycles. The molecule has 8 nitrogen and oxygen atoms in total. The Morgan fingerprint density at radius 2 is 2.19 bits per heavy atom. The van der Waals surface area contributed by atoms with Crippen LogP contribution >= 0.6 is 0 Å². The molecule has 9 heteroatoms. The third kappa shape index (κ3) is 4.72. The van der Waals surface area contributed by atoms with Crippen molar-refractivity contribution in [3.8, 4) is 17.0 Å². The lowest BCUT2D eigenvalue weighted by molar-refractivity contribution is -0.753. The minimum atomic E-state index is -3.93. The number of nitrogens with zero attached hydrogens (tertiary/aromatic N) is 4. The van der Waals surface area contributed by atoms with Gasteiger partial charge in [0.2, 0.25) is 0 Å². The van der Waals surface area contributed by atoms with Crippen molar-refractivity contribution >= 4 is 10.1 Å². The van der Waals surface area contributed by atoms with E-state index in [2.05, 4.69) is 15.3 Å². The highest BCUT2D eigenvalue weighted by molar-refractivity contribution is 7.85. The third-order valence-electron chi connectivity index (χ3n) is 2.72. The predicted molar refractivity (Wildman–Crippen MR) is 73.0 cm³/mol. The maximum absolute atomic E-state index is 10.6. The van der Waals surface area contributed by atoms with Crippen LogP contribution in [0.15, 0.2) is 30.7 Å². The van der Waals surface area contributed by atoms with E-state index in [0.717, 1.165) is 5.56 Å². The van der Waals surface area contributed by atoms with Gasteiger partial charge in [0.25, 0.3) is 10.1 Å². The van der Waals surface area contributed by atoms with Gasteiger partial charge in [-0.15, -0.1) is 0 Å². The van der Waals surface area contributed by atoms with Crippen LogP contribution < -0.4 is 9.42 Å². The van der Waals surface area contributed by atoms with Crippen LogP contribution in [-0.4, -0.2) is 41.1 Å². The molecule has 2 heterocycles. The topological polar surface area (TPSA) is 106 Å². The summed E-state index contributed by atoms with van der Waals surface area (Å²) in [6.45, 7) is 0.393. The van der Waals surface area contributed by atoms with Crippen molar-refractivity contribution in [3.63, 3.8) is 0 Å². The van der Waals surface area contributed by atoms with Crippen LogP contribution in [0.25, 0.3) is 11.3 Å². The fraction of sp³-hybridized carbons (Fsp3) is 0.333. The standard InChI is InChI=1S/C12H14N4O4S/c1-20-11-7-12(15-13-9-11)10-3-5-16(14-8-10)4-2-6-21(17,18)19/h3,5,7-9H,2,4,6H2,1H3/p+1. The Balaban J connectivity index is 2.04. The first-order valence-electron chi connectivity index (χ1n) is 6.16. The Kier molecular flexibility index (Phi) is 4.76. The molecule has 0 bridgehead atoms. The number of hydrogen-bond donors (Lipinski definition) is 1. The smallest absolute Gasteiger partial charge is 0.265 e. The van der Waals surface area contributed by atoms with Gasteiger partial charge in [-0.2, -0.15) is 18.6 Å². The zero-order valence-corrected chi connectivity index (χ0v) is 12.2. The summed E-state index contributed by atoms with van der Waals surface area (Å²) in [6, 6.07) is 3.54. The van der Waals surface area contributed by atoms with Gasteiger partial charge in [0, 0.05) is 24.1 Å². The summed E-state index contributed by atoms with van der Waals surface area (Å²) in [5.41, 5.74) is 1.40. The van der Waals surface area contributed by atoms with Crippen LogP contribution in [0.3, 0.4) is 0 Å². The SMILES string of the molecule is COc1cnnc(-c2cc[n+](CCCS(=O)(=O)O)nc2)c1. The molecule has 0 spiro atoms. The van der Waals surface area contributed by atoms with Gasteiger partial charge in [0.05, 0.1) is 24.8 Å². The summed E-state index contributed by atoms with van der Waals surface area (Å²) in [6.07, 6.45) is 5.11. The van der Waals surface area contributed by atoms with Gasteiger partial charge in [0.15, 0.2) is 12.7 Å². The second-order valence-electron chi connectivity index (χ2n) is 4.30. The zero-order chi connectivity index (χ0) is 15.3. The van der Waals surface area contributed by atoms with Gasteiger partial charge in [-0.05, 0) is 5.10 Å². The number of rotatable bonds is 6. The van der Waals surface area contributed by atoms with E-state index in [1.807, 2.05) is 0 Å². The molecule has 0 fully saturated rings. The van der Waals surface area contributed by atoms with Crippen LogP contribution in [0.4, 0.5) is 0 Å². The van der Waals surface area contributed by atoms with E-state index in [0.29, 0.717) is 18.0 Å². The Morgan fingerprint density at radius 3 is 2.81 bits per heavy atom. The maximum atomic E-state index is 10.6. The third-order valence-corrected chi connectivity index (χ3v) is 3.53. The Morgan fingerprint density at radius 1 is 1.38 bits per heavy atom. The summed E-state index contributed by atoms with van der Waals surface area (Å²) in [5, 5.41) is 12.0. The first kappa shape index (κ1) is 15.3. The van der Waals surface area contributed by atoms with Crippen LogP contribution in [0.2, 0.25) is 0 Å². The lowest BCUT2D eigenvalue weighted by atomic mass is 10.2. The van der Waals surface area contributed by atoms with E-state index < -0.39 is 10.1 Å². The first-order chi connectivity index (χ1) is 9.98. The largest absolute Gasteiger partial charge is 0.495 e. The van der Waals surface area contributed by atoms with Crippen molar-refractivity contribution in [2.75, 3.05) is 12.9 Å². The second kappa shape index (κ2) is 6.55. The van der Waals surface area contributed by atoms with Crippen molar-refractivity contribution in [2.24, 2.45) is 0 Å². The molecular formula is C12H15N4O4S+. The first-order valence-corrected chi connectivity index (χ1v) is 7.77. The number of methoxy groups -OCH3 is 1. The average Bonchev–Trinajstić information content (AvgIpc) is 2.47. The molecule has 2 aromatic rings. The van der Waals surface area contributed by atoms with Crippen molar-refractivity contribution in [3.05, 3.63) is 30.7 Å². The lowest BCUT2D eigenvalue weighted by Gasteiger charge is -2.01. The van der Waals surface area contributed by atoms with Crippen LogP contribution in [0.1, 0.15) is 6.42 Å². The Bertz CT molecular complexity index is 703. The number of aromatic nitrogens is 4. The molecule has 2 rings (SSSR count). The Labute approximate surface area is 122 Å². The summed E-state index contributed by atoms with van der Waals surface area (Å²) in [5.74, 6) is 0.315. The van der Waals surface area contributed by atoms with Gasteiger partial charge in [-0.25, -0.2) is 0 Å². The number of ether oxygens (including phenoxy) is 1. The molecule has 0 radical (unpaired) electrons. The van der Waals surface area contributed by atoms with Crippen molar-refractivity contribution < 1.29 is 22.4 Å². The fourth-order valence-electron chi connectivity index (χ4n) is 1.68. The normalized spacial score (nSPS) is 11.3.